The topological polar surface area (TPSA) is 79.8 Å². The highest BCUT2D eigenvalue weighted by atomic mass is 127. The number of hydrogen-bond acceptors (Lipinski definition) is 4. The second-order valence-electron chi connectivity index (χ2n) is 6.14. The maximum Gasteiger partial charge on any atom is 0.191 e. The summed E-state index contributed by atoms with van der Waals surface area (Å²) >= 11 is 0. The average Bonchev–Trinajstić information content (AvgIpc) is 2.66. The van der Waals surface area contributed by atoms with E-state index in [9.17, 15) is 8.42 Å². The van der Waals surface area contributed by atoms with Gasteiger partial charge in [0.2, 0.25) is 0 Å². The van der Waals surface area contributed by atoms with Gasteiger partial charge < -0.3 is 15.4 Å². The fourth-order valence-corrected chi connectivity index (χ4v) is 3.10. The van der Waals surface area contributed by atoms with Gasteiger partial charge in [-0.2, -0.15) is 0 Å². The van der Waals surface area contributed by atoms with Gasteiger partial charge in [0, 0.05) is 19.3 Å². The molecule has 2 aromatic carbocycles. The van der Waals surface area contributed by atoms with Crippen LogP contribution < -0.4 is 15.4 Å². The molecule has 0 amide bonds. The van der Waals surface area contributed by atoms with E-state index in [0.29, 0.717) is 18.0 Å². The molecular weight excluding hydrogens is 489 g/mol. The molecule has 0 atom stereocenters. The number of ether oxygens (including phenoxy) is 1. The quantitative estimate of drug-likeness (QED) is 0.320. The van der Waals surface area contributed by atoms with Gasteiger partial charge in [-0.25, -0.2) is 13.4 Å². The number of nitrogens with zero attached hydrogens (tertiary/aromatic N) is 1. The van der Waals surface area contributed by atoms with Crippen LogP contribution in [0.3, 0.4) is 0 Å². The fourth-order valence-electron chi connectivity index (χ4n) is 2.47. The van der Waals surface area contributed by atoms with Crippen molar-refractivity contribution < 1.29 is 13.2 Å². The number of guanidine groups is 1. The Balaban J connectivity index is 0.00000392. The first-order chi connectivity index (χ1) is 12.9. The van der Waals surface area contributed by atoms with Gasteiger partial charge in [-0.05, 0) is 48.7 Å². The van der Waals surface area contributed by atoms with Gasteiger partial charge >= 0.3 is 0 Å². The van der Waals surface area contributed by atoms with Gasteiger partial charge in [0.05, 0.1) is 18.6 Å². The van der Waals surface area contributed by atoms with E-state index in [2.05, 4.69) is 15.6 Å². The number of nitrogens with one attached hydrogen (secondary N) is 2. The maximum absolute atomic E-state index is 11.5. The number of benzene rings is 2. The highest BCUT2D eigenvalue weighted by Crippen LogP contribution is 2.12. The zero-order valence-corrected chi connectivity index (χ0v) is 19.6. The smallest absolute Gasteiger partial charge is 0.191 e. The van der Waals surface area contributed by atoms with E-state index in [1.165, 1.54) is 6.26 Å². The van der Waals surface area contributed by atoms with Crippen molar-refractivity contribution in [1.82, 2.24) is 10.6 Å². The van der Waals surface area contributed by atoms with Crippen LogP contribution in [0.25, 0.3) is 0 Å². The molecule has 2 aromatic rings. The lowest BCUT2D eigenvalue weighted by Crippen LogP contribution is -2.38. The minimum Gasteiger partial charge on any atom is -0.497 e. The van der Waals surface area contributed by atoms with Crippen LogP contribution in [0.2, 0.25) is 0 Å². The van der Waals surface area contributed by atoms with Crippen molar-refractivity contribution in [3.05, 3.63) is 59.7 Å². The molecule has 6 nitrogen and oxygen atoms in total. The normalized spacial score (nSPS) is 11.5. The number of sulfone groups is 1. The van der Waals surface area contributed by atoms with Gasteiger partial charge in [0.25, 0.3) is 0 Å². The molecular formula is C20H28IN3O3S. The van der Waals surface area contributed by atoms with Crippen molar-refractivity contribution in [2.24, 2.45) is 4.99 Å². The van der Waals surface area contributed by atoms with Gasteiger partial charge in [-0.3, -0.25) is 0 Å². The highest BCUT2D eigenvalue weighted by molar-refractivity contribution is 14.0. The molecule has 0 aromatic heterocycles. The van der Waals surface area contributed by atoms with E-state index in [-0.39, 0.29) is 24.0 Å². The Morgan fingerprint density at radius 1 is 1.00 bits per heavy atom. The van der Waals surface area contributed by atoms with Crippen LogP contribution >= 0.6 is 24.0 Å². The molecule has 0 aliphatic heterocycles. The van der Waals surface area contributed by atoms with Crippen LogP contribution in [0, 0.1) is 0 Å². The second-order valence-corrected chi connectivity index (χ2v) is 8.15. The molecule has 0 saturated carbocycles. The monoisotopic (exact) mass is 517 g/mol. The molecule has 2 N–H and O–H groups in total. The molecule has 154 valence electrons. The molecule has 8 heteroatoms. The van der Waals surface area contributed by atoms with Crippen molar-refractivity contribution in [2.75, 3.05) is 26.5 Å². The van der Waals surface area contributed by atoms with Crippen LogP contribution in [-0.4, -0.2) is 40.8 Å². The Bertz CT molecular complexity index is 851. The summed E-state index contributed by atoms with van der Waals surface area (Å²) in [5.41, 5.74) is 2.17. The molecule has 2 rings (SSSR count). The van der Waals surface area contributed by atoms with Crippen molar-refractivity contribution in [3.63, 3.8) is 0 Å². The average molecular weight is 517 g/mol. The summed E-state index contributed by atoms with van der Waals surface area (Å²) in [5.74, 6) is 1.58. The van der Waals surface area contributed by atoms with Crippen LogP contribution in [0.15, 0.2) is 58.4 Å². The van der Waals surface area contributed by atoms with Crippen molar-refractivity contribution in [1.29, 1.82) is 0 Å². The largest absolute Gasteiger partial charge is 0.497 e. The summed E-state index contributed by atoms with van der Waals surface area (Å²) < 4.78 is 28.2. The molecule has 28 heavy (non-hydrogen) atoms. The first kappa shape index (κ1) is 24.2. The third kappa shape index (κ3) is 8.05. The standard InChI is InChI=1S/C20H27N3O3S.HI/c1-4-21-20(23-15-17-5-9-18(26-2)10-6-17)22-14-13-16-7-11-19(12-8-16)27(3,24)25;/h5-12H,4,13-15H2,1-3H3,(H2,21,22,23);1H. The number of hydrogen-bond donors (Lipinski definition) is 2. The second kappa shape index (κ2) is 11.9. The van der Waals surface area contributed by atoms with Crippen LogP contribution in [0.4, 0.5) is 0 Å². The summed E-state index contributed by atoms with van der Waals surface area (Å²) in [6.45, 7) is 4.07. The maximum atomic E-state index is 11.5. The van der Waals surface area contributed by atoms with E-state index in [1.54, 1.807) is 19.2 Å². The van der Waals surface area contributed by atoms with Crippen molar-refractivity contribution in [2.45, 2.75) is 24.8 Å². The van der Waals surface area contributed by atoms with Crippen LogP contribution in [-0.2, 0) is 22.8 Å². The lowest BCUT2D eigenvalue weighted by atomic mass is 10.1. The van der Waals surface area contributed by atoms with Gasteiger partial charge in [-0.15, -0.1) is 24.0 Å². The van der Waals surface area contributed by atoms with Crippen molar-refractivity contribution in [3.8, 4) is 5.75 Å². The molecule has 0 radical (unpaired) electrons. The zero-order valence-electron chi connectivity index (χ0n) is 16.4. The molecule has 0 aliphatic carbocycles. The molecule has 0 saturated heterocycles. The Labute approximate surface area is 184 Å². The zero-order chi connectivity index (χ0) is 19.7. The molecule has 0 heterocycles. The molecule has 0 aliphatic rings. The number of methoxy groups -OCH3 is 1. The Kier molecular flexibility index (Phi) is 10.3. The third-order valence-corrected chi connectivity index (χ3v) is 5.11. The summed E-state index contributed by atoms with van der Waals surface area (Å²) in [6, 6.07) is 14.8. The molecule has 0 bridgehead atoms. The number of aliphatic imine (C=N–C) groups is 1. The first-order valence-corrected chi connectivity index (χ1v) is 10.8. The van der Waals surface area contributed by atoms with Crippen LogP contribution in [0.5, 0.6) is 5.75 Å². The number of rotatable bonds is 8. The van der Waals surface area contributed by atoms with E-state index in [0.717, 1.165) is 35.8 Å². The molecule has 0 spiro atoms. The minimum atomic E-state index is -3.15. The predicted molar refractivity (Wildman–Crippen MR) is 124 cm³/mol. The van der Waals surface area contributed by atoms with Gasteiger partial charge in [0.15, 0.2) is 15.8 Å². The minimum absolute atomic E-state index is 0. The van der Waals surface area contributed by atoms with Gasteiger partial charge in [-0.1, -0.05) is 24.3 Å². The summed E-state index contributed by atoms with van der Waals surface area (Å²) in [4.78, 5) is 4.93. The predicted octanol–water partition coefficient (Wildman–Crippen LogP) is 3.01. The van der Waals surface area contributed by atoms with E-state index >= 15 is 0 Å². The van der Waals surface area contributed by atoms with E-state index < -0.39 is 9.84 Å². The molecule has 0 fully saturated rings. The SMILES string of the molecule is CCNC(=NCc1ccc(OC)cc1)NCCc1ccc(S(C)(=O)=O)cc1.I. The summed E-state index contributed by atoms with van der Waals surface area (Å²) in [7, 11) is -1.50. The Morgan fingerprint density at radius 2 is 1.61 bits per heavy atom. The lowest BCUT2D eigenvalue weighted by Gasteiger charge is -2.11. The Morgan fingerprint density at radius 3 is 2.14 bits per heavy atom. The first-order valence-electron chi connectivity index (χ1n) is 8.86. The number of halogens is 1. The van der Waals surface area contributed by atoms with E-state index in [4.69, 9.17) is 4.74 Å². The summed E-state index contributed by atoms with van der Waals surface area (Å²) in [6.07, 6.45) is 1.99. The highest BCUT2D eigenvalue weighted by Gasteiger charge is 2.06. The van der Waals surface area contributed by atoms with Crippen molar-refractivity contribution >= 4 is 39.8 Å². The summed E-state index contributed by atoms with van der Waals surface area (Å²) in [5, 5.41) is 6.53. The fraction of sp³-hybridized carbons (Fsp3) is 0.350. The Hall–Kier alpha value is -1.81. The molecule has 0 unspecified atom stereocenters. The lowest BCUT2D eigenvalue weighted by molar-refractivity contribution is 0.414. The van der Waals surface area contributed by atoms with Crippen LogP contribution in [0.1, 0.15) is 18.1 Å². The van der Waals surface area contributed by atoms with Gasteiger partial charge in [0.1, 0.15) is 5.75 Å². The van der Waals surface area contributed by atoms with E-state index in [1.807, 2.05) is 43.3 Å². The third-order valence-electron chi connectivity index (χ3n) is 3.98.